The number of halogens is 6. The third-order valence-electron chi connectivity index (χ3n) is 1.86. The van der Waals surface area contributed by atoms with Gasteiger partial charge in [0, 0.05) is 0 Å². The average molecular weight is 371 g/mol. The summed E-state index contributed by atoms with van der Waals surface area (Å²) >= 11 is 33.5. The normalized spacial score (nSPS) is 30.6. The van der Waals surface area contributed by atoms with Crippen LogP contribution in [0.15, 0.2) is 0 Å². The van der Waals surface area contributed by atoms with Gasteiger partial charge in [0.1, 0.15) is 0 Å². The fourth-order valence-corrected chi connectivity index (χ4v) is 3.96. The molecule has 1 aliphatic rings. The van der Waals surface area contributed by atoms with Crippen LogP contribution in [0.4, 0.5) is 0 Å². The van der Waals surface area contributed by atoms with E-state index in [1.54, 1.807) is 0 Å². The molecule has 96 valence electrons. The van der Waals surface area contributed by atoms with E-state index in [0.717, 1.165) is 0 Å². The van der Waals surface area contributed by atoms with Crippen molar-refractivity contribution in [3.8, 4) is 0 Å². The van der Waals surface area contributed by atoms with Crippen molar-refractivity contribution in [1.82, 2.24) is 0 Å². The summed E-state index contributed by atoms with van der Waals surface area (Å²) < 4.78 is 23.2. The first-order valence-corrected chi connectivity index (χ1v) is 8.06. The SMILES string of the molecule is O=S1(=O)C[C@H](OC(Cl)(Cl)C(Cl)(Cl)Cl)[C@@H](Cl)C1. The van der Waals surface area contributed by atoms with E-state index in [4.69, 9.17) is 74.3 Å². The molecule has 1 saturated heterocycles. The van der Waals surface area contributed by atoms with Crippen LogP contribution in [0.3, 0.4) is 0 Å². The molecule has 0 unspecified atom stereocenters. The maximum Gasteiger partial charge on any atom is 0.266 e. The quantitative estimate of drug-likeness (QED) is 0.702. The minimum Gasteiger partial charge on any atom is -0.337 e. The van der Waals surface area contributed by atoms with Crippen LogP contribution in [0.25, 0.3) is 0 Å². The molecule has 1 rings (SSSR count). The zero-order valence-corrected chi connectivity index (χ0v) is 12.8. The van der Waals surface area contributed by atoms with Gasteiger partial charge in [-0.15, -0.1) is 11.6 Å². The summed E-state index contributed by atoms with van der Waals surface area (Å²) in [5.74, 6) is -0.522. The van der Waals surface area contributed by atoms with E-state index < -0.39 is 29.6 Å². The molecule has 10 heteroatoms. The van der Waals surface area contributed by atoms with E-state index >= 15 is 0 Å². The molecular formula is C6H6Cl6O3S. The van der Waals surface area contributed by atoms with Crippen molar-refractivity contribution >= 4 is 79.4 Å². The molecule has 0 amide bonds. The van der Waals surface area contributed by atoms with E-state index in [0.29, 0.717) is 0 Å². The van der Waals surface area contributed by atoms with Crippen LogP contribution in [-0.4, -0.2) is 39.7 Å². The van der Waals surface area contributed by atoms with E-state index in [2.05, 4.69) is 0 Å². The van der Waals surface area contributed by atoms with Gasteiger partial charge in [-0.25, -0.2) is 8.42 Å². The Kier molecular flexibility index (Phi) is 4.88. The van der Waals surface area contributed by atoms with Crippen LogP contribution in [0.5, 0.6) is 0 Å². The zero-order chi connectivity index (χ0) is 12.8. The Balaban J connectivity index is 2.77. The first-order chi connectivity index (χ1) is 6.95. The lowest BCUT2D eigenvalue weighted by atomic mass is 10.3. The molecule has 0 aromatic carbocycles. The summed E-state index contributed by atoms with van der Waals surface area (Å²) in [7, 11) is -3.27. The Morgan fingerprint density at radius 1 is 1.06 bits per heavy atom. The van der Waals surface area contributed by atoms with Gasteiger partial charge >= 0.3 is 0 Å². The lowest BCUT2D eigenvalue weighted by Crippen LogP contribution is -2.40. The minimum atomic E-state index is -3.27. The second kappa shape index (κ2) is 4.97. The van der Waals surface area contributed by atoms with Crippen molar-refractivity contribution in [2.24, 2.45) is 0 Å². The standard InChI is InChI=1S/C6H6Cl6O3S/c7-3-1-16(13,14)2-4(3)15-6(11,12)5(8,9)10/h3-4H,1-2H2/t3-,4-/m0/s1. The fourth-order valence-electron chi connectivity index (χ4n) is 1.14. The maximum atomic E-state index is 11.2. The molecule has 0 saturated carbocycles. The van der Waals surface area contributed by atoms with Crippen LogP contribution in [0, 0.1) is 0 Å². The third kappa shape index (κ3) is 3.82. The third-order valence-corrected chi connectivity index (χ3v) is 6.31. The fraction of sp³-hybridized carbons (Fsp3) is 1.00. The summed E-state index contributed by atoms with van der Waals surface area (Å²) in [5, 5.41) is -0.769. The van der Waals surface area contributed by atoms with Crippen molar-refractivity contribution < 1.29 is 13.2 Å². The minimum absolute atomic E-state index is 0.219. The van der Waals surface area contributed by atoms with Crippen LogP contribution in [0.2, 0.25) is 0 Å². The second-order valence-corrected chi connectivity index (χ2v) is 9.52. The van der Waals surface area contributed by atoms with Gasteiger partial charge in [0.2, 0.25) is 3.79 Å². The number of hydrogen-bond acceptors (Lipinski definition) is 3. The Labute approximate surface area is 123 Å². The summed E-state index contributed by atoms with van der Waals surface area (Å²) in [6, 6.07) is 0. The van der Waals surface area contributed by atoms with Crippen molar-refractivity contribution in [2.75, 3.05) is 11.5 Å². The first kappa shape index (κ1) is 15.7. The predicted molar refractivity (Wildman–Crippen MR) is 67.9 cm³/mol. The molecule has 1 fully saturated rings. The van der Waals surface area contributed by atoms with Gasteiger partial charge in [0.05, 0.1) is 23.0 Å². The summed E-state index contributed by atoms with van der Waals surface area (Å²) in [6.45, 7) is 0. The molecular weight excluding hydrogens is 365 g/mol. The molecule has 0 aromatic rings. The molecule has 0 aliphatic carbocycles. The molecule has 0 bridgehead atoms. The van der Waals surface area contributed by atoms with Crippen LogP contribution in [0.1, 0.15) is 0 Å². The van der Waals surface area contributed by atoms with E-state index in [-0.39, 0.29) is 11.5 Å². The largest absolute Gasteiger partial charge is 0.337 e. The number of alkyl halides is 6. The number of sulfone groups is 1. The van der Waals surface area contributed by atoms with Gasteiger partial charge in [0.15, 0.2) is 9.84 Å². The molecule has 16 heavy (non-hydrogen) atoms. The van der Waals surface area contributed by atoms with Crippen LogP contribution in [-0.2, 0) is 14.6 Å². The summed E-state index contributed by atoms with van der Waals surface area (Å²) in [6.07, 6.45) is -0.905. The lowest BCUT2D eigenvalue weighted by molar-refractivity contribution is 0.0265. The number of hydrogen-bond donors (Lipinski definition) is 0. The molecule has 0 radical (unpaired) electrons. The Morgan fingerprint density at radius 2 is 1.56 bits per heavy atom. The number of ether oxygens (including phenoxy) is 1. The molecule has 2 atom stereocenters. The topological polar surface area (TPSA) is 43.4 Å². The maximum absolute atomic E-state index is 11.2. The average Bonchev–Trinajstić information content (AvgIpc) is 2.20. The lowest BCUT2D eigenvalue weighted by Gasteiger charge is -2.30. The van der Waals surface area contributed by atoms with Gasteiger partial charge < -0.3 is 4.74 Å². The Bertz CT molecular complexity index is 361. The highest BCUT2D eigenvalue weighted by Gasteiger charge is 2.51. The van der Waals surface area contributed by atoms with Gasteiger partial charge in [-0.3, -0.25) is 0 Å². The first-order valence-electron chi connectivity index (χ1n) is 3.91. The summed E-state index contributed by atoms with van der Waals surface area (Å²) in [4.78, 5) is 0. The molecule has 1 aliphatic heterocycles. The zero-order valence-electron chi connectivity index (χ0n) is 7.47. The molecule has 3 nitrogen and oxygen atoms in total. The van der Waals surface area contributed by atoms with Crippen molar-refractivity contribution in [3.63, 3.8) is 0 Å². The molecule has 0 spiro atoms. The van der Waals surface area contributed by atoms with Crippen molar-refractivity contribution in [1.29, 1.82) is 0 Å². The molecule has 0 aromatic heterocycles. The van der Waals surface area contributed by atoms with E-state index in [1.807, 2.05) is 0 Å². The number of rotatable bonds is 2. The molecule has 1 heterocycles. The predicted octanol–water partition coefficient (Wildman–Crippen LogP) is 2.91. The Hall–Kier alpha value is 1.65. The van der Waals surface area contributed by atoms with Gasteiger partial charge in [-0.2, -0.15) is 0 Å². The van der Waals surface area contributed by atoms with Crippen LogP contribution >= 0.6 is 69.6 Å². The highest BCUT2D eigenvalue weighted by molar-refractivity contribution is 7.91. The highest BCUT2D eigenvalue weighted by atomic mass is 35.6. The van der Waals surface area contributed by atoms with Gasteiger partial charge in [-0.05, 0) is 0 Å². The van der Waals surface area contributed by atoms with E-state index in [9.17, 15) is 8.42 Å². The van der Waals surface area contributed by atoms with Gasteiger partial charge in [0.25, 0.3) is 4.52 Å². The van der Waals surface area contributed by atoms with Crippen molar-refractivity contribution in [3.05, 3.63) is 0 Å². The van der Waals surface area contributed by atoms with E-state index in [1.165, 1.54) is 0 Å². The molecule has 0 N–H and O–H groups in total. The van der Waals surface area contributed by atoms with Crippen molar-refractivity contribution in [2.45, 2.75) is 19.8 Å². The van der Waals surface area contributed by atoms with Crippen LogP contribution < -0.4 is 0 Å². The monoisotopic (exact) mass is 368 g/mol. The van der Waals surface area contributed by atoms with Gasteiger partial charge in [-0.1, -0.05) is 58.0 Å². The highest BCUT2D eigenvalue weighted by Crippen LogP contribution is 2.48. The Morgan fingerprint density at radius 3 is 1.88 bits per heavy atom. The smallest absolute Gasteiger partial charge is 0.266 e. The summed E-state index contributed by atoms with van der Waals surface area (Å²) in [5.41, 5.74) is 0. The second-order valence-electron chi connectivity index (χ2n) is 3.26.